The number of carbonyl (C=O) groups excluding carboxylic acids is 2. The van der Waals surface area contributed by atoms with E-state index < -0.39 is 0 Å². The molecule has 2 aromatic rings. The van der Waals surface area contributed by atoms with Gasteiger partial charge in [-0.05, 0) is 36.5 Å². The van der Waals surface area contributed by atoms with Gasteiger partial charge in [0.1, 0.15) is 5.25 Å². The molecule has 0 aliphatic heterocycles. The van der Waals surface area contributed by atoms with Crippen molar-refractivity contribution in [1.82, 2.24) is 10.2 Å². The second kappa shape index (κ2) is 9.32. The van der Waals surface area contributed by atoms with Crippen LogP contribution in [-0.4, -0.2) is 33.9 Å². The molecule has 2 rings (SSSR count). The van der Waals surface area contributed by atoms with Crippen LogP contribution in [0.15, 0.2) is 28.6 Å². The lowest BCUT2D eigenvalue weighted by Gasteiger charge is -2.18. The van der Waals surface area contributed by atoms with Crippen molar-refractivity contribution in [3.8, 4) is 0 Å². The molecular weight excluding hydrogens is 382 g/mol. The summed E-state index contributed by atoms with van der Waals surface area (Å²) in [4.78, 5) is 24.3. The number of benzene rings is 1. The Morgan fingerprint density at radius 2 is 1.85 bits per heavy atom. The Hall–Kier alpha value is -1.93. The minimum atomic E-state index is -0.327. The van der Waals surface area contributed by atoms with Crippen LogP contribution in [0.5, 0.6) is 0 Å². The average Bonchev–Trinajstić information content (AvgIpc) is 3.06. The number of esters is 1. The highest BCUT2D eigenvalue weighted by Gasteiger charge is 2.22. The molecule has 0 bridgehead atoms. The second-order valence-corrected chi connectivity index (χ2v) is 9.35. The number of thioether (sulfide) groups is 1. The maximum atomic E-state index is 12.4. The van der Waals surface area contributed by atoms with Gasteiger partial charge >= 0.3 is 5.97 Å². The Morgan fingerprint density at radius 1 is 1.19 bits per heavy atom. The Balaban J connectivity index is 2.00. The van der Waals surface area contributed by atoms with Crippen LogP contribution in [0.4, 0.5) is 5.13 Å². The summed E-state index contributed by atoms with van der Waals surface area (Å²) in [5.74, 6) is -0.495. The molecule has 1 atom stereocenters. The third-order valence-electron chi connectivity index (χ3n) is 3.80. The predicted octanol–water partition coefficient (Wildman–Crippen LogP) is 4.52. The quantitative estimate of drug-likeness (QED) is 0.413. The van der Waals surface area contributed by atoms with Crippen LogP contribution in [0.25, 0.3) is 0 Å². The van der Waals surface area contributed by atoms with Gasteiger partial charge in [0, 0.05) is 5.56 Å². The minimum absolute atomic E-state index is 0.0368. The highest BCUT2D eigenvalue weighted by molar-refractivity contribution is 8.02. The van der Waals surface area contributed by atoms with E-state index in [4.69, 9.17) is 4.74 Å². The van der Waals surface area contributed by atoms with Crippen LogP contribution < -0.4 is 5.32 Å². The lowest BCUT2D eigenvalue weighted by molar-refractivity contribution is -0.142. The van der Waals surface area contributed by atoms with E-state index in [0.717, 1.165) is 0 Å². The molecular formula is C19H25N3O3S2. The SMILES string of the molecule is CCOC(=O)[C@@H](CC)Sc1nnc(NC(=O)c2ccc(C(C)(C)C)cc2)s1. The Labute approximate surface area is 168 Å². The van der Waals surface area contributed by atoms with Crippen LogP contribution in [-0.2, 0) is 14.9 Å². The molecule has 1 aromatic carbocycles. The maximum absolute atomic E-state index is 12.4. The van der Waals surface area contributed by atoms with Crippen LogP contribution in [0.3, 0.4) is 0 Å². The summed E-state index contributed by atoms with van der Waals surface area (Å²) in [6.45, 7) is 10.4. The van der Waals surface area contributed by atoms with Gasteiger partial charge in [-0.1, -0.05) is 62.9 Å². The number of nitrogens with one attached hydrogen (secondary N) is 1. The van der Waals surface area contributed by atoms with Gasteiger partial charge in [0.15, 0.2) is 4.34 Å². The fraction of sp³-hybridized carbons (Fsp3) is 0.474. The highest BCUT2D eigenvalue weighted by Crippen LogP contribution is 2.31. The topological polar surface area (TPSA) is 81.2 Å². The molecule has 6 nitrogen and oxygen atoms in total. The number of amides is 1. The van der Waals surface area contributed by atoms with Gasteiger partial charge in [-0.2, -0.15) is 0 Å². The summed E-state index contributed by atoms with van der Waals surface area (Å²) in [7, 11) is 0. The summed E-state index contributed by atoms with van der Waals surface area (Å²) in [6, 6.07) is 7.53. The van der Waals surface area contributed by atoms with Gasteiger partial charge in [-0.25, -0.2) is 0 Å². The standard InChI is InChI=1S/C19H25N3O3S2/c1-6-14(16(24)25-7-2)26-18-22-21-17(27-18)20-15(23)12-8-10-13(11-9-12)19(3,4)5/h8-11,14H,6-7H2,1-5H3,(H,20,21,23)/t14-/m1/s1. The Kier molecular flexibility index (Phi) is 7.38. The first kappa shape index (κ1) is 21.4. The predicted molar refractivity (Wildman–Crippen MR) is 110 cm³/mol. The van der Waals surface area contributed by atoms with Crippen LogP contribution in [0.1, 0.15) is 57.0 Å². The van der Waals surface area contributed by atoms with E-state index in [0.29, 0.717) is 28.1 Å². The first-order chi connectivity index (χ1) is 12.7. The molecule has 0 fully saturated rings. The number of anilines is 1. The molecule has 0 radical (unpaired) electrons. The number of ether oxygens (including phenoxy) is 1. The Bertz CT molecular complexity index is 782. The molecule has 0 saturated heterocycles. The summed E-state index contributed by atoms with van der Waals surface area (Å²) < 4.78 is 5.68. The number of aromatic nitrogens is 2. The van der Waals surface area contributed by atoms with Crippen molar-refractivity contribution in [2.24, 2.45) is 0 Å². The third kappa shape index (κ3) is 6.04. The van der Waals surface area contributed by atoms with E-state index in [2.05, 4.69) is 36.3 Å². The molecule has 146 valence electrons. The highest BCUT2D eigenvalue weighted by atomic mass is 32.2. The summed E-state index contributed by atoms with van der Waals surface area (Å²) >= 11 is 2.55. The largest absolute Gasteiger partial charge is 0.465 e. The van der Waals surface area contributed by atoms with Gasteiger partial charge in [0.25, 0.3) is 5.91 Å². The molecule has 0 saturated carbocycles. The molecule has 1 amide bonds. The fourth-order valence-corrected chi connectivity index (χ4v) is 4.17. The van der Waals surface area contributed by atoms with Crippen LogP contribution in [0.2, 0.25) is 0 Å². The zero-order chi connectivity index (χ0) is 20.0. The van der Waals surface area contributed by atoms with Gasteiger partial charge in [-0.3, -0.25) is 14.9 Å². The number of carbonyl (C=O) groups is 2. The smallest absolute Gasteiger partial charge is 0.319 e. The average molecular weight is 408 g/mol. The molecule has 0 aliphatic carbocycles. The van der Waals surface area contributed by atoms with E-state index >= 15 is 0 Å². The molecule has 1 heterocycles. The first-order valence-corrected chi connectivity index (χ1v) is 10.5. The van der Waals surface area contributed by atoms with Gasteiger partial charge < -0.3 is 4.74 Å². The lowest BCUT2D eigenvalue weighted by atomic mass is 9.87. The van der Waals surface area contributed by atoms with Crippen molar-refractivity contribution in [2.45, 2.75) is 56.0 Å². The molecule has 1 aromatic heterocycles. The van der Waals surface area contributed by atoms with Crippen molar-refractivity contribution in [1.29, 1.82) is 0 Å². The van der Waals surface area contributed by atoms with E-state index in [9.17, 15) is 9.59 Å². The molecule has 27 heavy (non-hydrogen) atoms. The van der Waals surface area contributed by atoms with E-state index in [-0.39, 0.29) is 22.5 Å². The zero-order valence-corrected chi connectivity index (χ0v) is 17.9. The Morgan fingerprint density at radius 3 is 2.41 bits per heavy atom. The van der Waals surface area contributed by atoms with E-state index in [1.807, 2.05) is 19.1 Å². The number of hydrogen-bond acceptors (Lipinski definition) is 7. The lowest BCUT2D eigenvalue weighted by Crippen LogP contribution is -2.19. The third-order valence-corrected chi connectivity index (χ3v) is 6.07. The van der Waals surface area contributed by atoms with E-state index in [1.54, 1.807) is 19.1 Å². The summed E-state index contributed by atoms with van der Waals surface area (Å²) in [5.41, 5.74) is 1.76. The first-order valence-electron chi connectivity index (χ1n) is 8.83. The zero-order valence-electron chi connectivity index (χ0n) is 16.2. The van der Waals surface area contributed by atoms with Crippen molar-refractivity contribution in [3.63, 3.8) is 0 Å². The van der Waals surface area contributed by atoms with Gasteiger partial charge in [-0.15, -0.1) is 10.2 Å². The number of rotatable bonds is 7. The van der Waals surface area contributed by atoms with Crippen molar-refractivity contribution >= 4 is 40.1 Å². The van der Waals surface area contributed by atoms with Crippen LogP contribution >= 0.6 is 23.1 Å². The van der Waals surface area contributed by atoms with Crippen LogP contribution in [0, 0.1) is 0 Å². The minimum Gasteiger partial charge on any atom is -0.465 e. The van der Waals surface area contributed by atoms with Gasteiger partial charge in [0.05, 0.1) is 6.61 Å². The second-order valence-electron chi connectivity index (χ2n) is 6.92. The van der Waals surface area contributed by atoms with Crippen molar-refractivity contribution in [3.05, 3.63) is 35.4 Å². The maximum Gasteiger partial charge on any atom is 0.319 e. The van der Waals surface area contributed by atoms with Crippen molar-refractivity contribution in [2.75, 3.05) is 11.9 Å². The van der Waals surface area contributed by atoms with Crippen molar-refractivity contribution < 1.29 is 14.3 Å². The molecule has 0 unspecified atom stereocenters. The number of hydrogen-bond donors (Lipinski definition) is 1. The fourth-order valence-electron chi connectivity index (χ4n) is 2.25. The number of nitrogens with zero attached hydrogens (tertiary/aromatic N) is 2. The van der Waals surface area contributed by atoms with E-state index in [1.165, 1.54) is 28.7 Å². The van der Waals surface area contributed by atoms with Gasteiger partial charge in [0.2, 0.25) is 5.13 Å². The molecule has 8 heteroatoms. The normalized spacial score (nSPS) is 12.5. The molecule has 1 N–H and O–H groups in total. The monoisotopic (exact) mass is 407 g/mol. The molecule has 0 aliphatic rings. The summed E-state index contributed by atoms with van der Waals surface area (Å²) in [6.07, 6.45) is 0.630. The molecule has 0 spiro atoms. The summed E-state index contributed by atoms with van der Waals surface area (Å²) in [5, 5.41) is 10.9.